The number of nitrogens with one attached hydrogen (secondary N) is 1. The predicted octanol–water partition coefficient (Wildman–Crippen LogP) is 3.85. The number of aromatic nitrogens is 4. The van der Waals surface area contributed by atoms with E-state index in [4.69, 9.17) is 4.98 Å². The minimum absolute atomic E-state index is 0.00225. The molecule has 1 atom stereocenters. The highest BCUT2D eigenvalue weighted by Gasteiger charge is 2.32. The number of benzene rings is 1. The zero-order valence-electron chi connectivity index (χ0n) is 15.4. The Morgan fingerprint density at radius 1 is 1.31 bits per heavy atom. The van der Waals surface area contributed by atoms with Crippen molar-refractivity contribution in [3.63, 3.8) is 0 Å². The fourth-order valence-electron chi connectivity index (χ4n) is 3.84. The van der Waals surface area contributed by atoms with E-state index in [1.807, 2.05) is 40.8 Å². The molecule has 0 radical (unpaired) electrons. The Hall–Kier alpha value is -2.63. The van der Waals surface area contributed by atoms with Crippen LogP contribution in [0.15, 0.2) is 30.5 Å². The number of fused-ring (bicyclic) bond motifs is 1. The summed E-state index contributed by atoms with van der Waals surface area (Å²) in [4.78, 5) is 23.4. The maximum Gasteiger partial charge on any atom is 0.257 e. The number of aromatic amines is 1. The number of hydrogen-bond acceptors (Lipinski definition) is 3. The number of amides is 1. The third-order valence-electron chi connectivity index (χ3n) is 5.26. The molecule has 0 aliphatic carbocycles. The molecule has 1 aromatic carbocycles. The number of rotatable bonds is 4. The van der Waals surface area contributed by atoms with E-state index < -0.39 is 0 Å². The van der Waals surface area contributed by atoms with Gasteiger partial charge in [0.25, 0.3) is 5.91 Å². The molecule has 1 unspecified atom stereocenters. The van der Waals surface area contributed by atoms with Crippen molar-refractivity contribution < 1.29 is 4.79 Å². The van der Waals surface area contributed by atoms with Gasteiger partial charge in [-0.1, -0.05) is 19.1 Å². The van der Waals surface area contributed by atoms with E-state index in [-0.39, 0.29) is 11.9 Å². The minimum Gasteiger partial charge on any atom is -0.340 e. The molecule has 2 aromatic heterocycles. The smallest absolute Gasteiger partial charge is 0.257 e. The van der Waals surface area contributed by atoms with Gasteiger partial charge in [-0.15, -0.1) is 0 Å². The number of likely N-dealkylation sites (tertiary alicyclic amines) is 1. The van der Waals surface area contributed by atoms with Gasteiger partial charge in [-0.25, -0.2) is 4.98 Å². The highest BCUT2D eigenvalue weighted by atomic mass is 16.2. The molecule has 6 nitrogen and oxygen atoms in total. The van der Waals surface area contributed by atoms with Crippen LogP contribution in [0.5, 0.6) is 0 Å². The van der Waals surface area contributed by atoms with Crippen molar-refractivity contribution in [1.82, 2.24) is 24.6 Å². The van der Waals surface area contributed by atoms with Crippen molar-refractivity contribution in [3.05, 3.63) is 47.5 Å². The molecule has 26 heavy (non-hydrogen) atoms. The molecule has 0 saturated carbocycles. The summed E-state index contributed by atoms with van der Waals surface area (Å²) in [7, 11) is 0. The van der Waals surface area contributed by atoms with E-state index in [0.717, 1.165) is 61.3 Å². The van der Waals surface area contributed by atoms with Crippen LogP contribution in [-0.4, -0.2) is 37.1 Å². The zero-order valence-corrected chi connectivity index (χ0v) is 15.4. The fraction of sp³-hybridized carbons (Fsp3) is 0.450. The van der Waals surface area contributed by atoms with Gasteiger partial charge in [0.1, 0.15) is 5.82 Å². The van der Waals surface area contributed by atoms with Crippen molar-refractivity contribution >= 4 is 16.9 Å². The van der Waals surface area contributed by atoms with Crippen LogP contribution in [0.2, 0.25) is 0 Å². The molecular formula is C20H25N5O. The second-order valence-corrected chi connectivity index (χ2v) is 7.02. The predicted molar refractivity (Wildman–Crippen MR) is 101 cm³/mol. The lowest BCUT2D eigenvalue weighted by atomic mass is 10.0. The van der Waals surface area contributed by atoms with Gasteiger partial charge in [0.2, 0.25) is 0 Å². The van der Waals surface area contributed by atoms with Crippen molar-refractivity contribution in [3.8, 4) is 0 Å². The maximum absolute atomic E-state index is 13.3. The molecule has 4 rings (SSSR count). The number of hydrogen-bond donors (Lipinski definition) is 1. The molecular weight excluding hydrogens is 326 g/mol. The van der Waals surface area contributed by atoms with Crippen molar-refractivity contribution in [1.29, 1.82) is 0 Å². The van der Waals surface area contributed by atoms with Crippen LogP contribution in [0.1, 0.15) is 60.5 Å². The number of piperidine rings is 1. The first kappa shape index (κ1) is 16.8. The van der Waals surface area contributed by atoms with Gasteiger partial charge >= 0.3 is 0 Å². The molecule has 1 amide bonds. The van der Waals surface area contributed by atoms with E-state index in [1.165, 1.54) is 0 Å². The number of carbonyl (C=O) groups is 1. The van der Waals surface area contributed by atoms with Crippen molar-refractivity contribution in [2.45, 2.75) is 52.1 Å². The van der Waals surface area contributed by atoms with E-state index in [1.54, 1.807) is 6.20 Å². The summed E-state index contributed by atoms with van der Waals surface area (Å²) < 4.78 is 1.92. The van der Waals surface area contributed by atoms with Crippen molar-refractivity contribution in [2.75, 3.05) is 6.54 Å². The fourth-order valence-corrected chi connectivity index (χ4v) is 3.84. The quantitative estimate of drug-likeness (QED) is 0.776. The number of aryl methyl sites for hydroxylation is 1. The third-order valence-corrected chi connectivity index (χ3v) is 5.26. The lowest BCUT2D eigenvalue weighted by molar-refractivity contribution is 0.0600. The van der Waals surface area contributed by atoms with Gasteiger partial charge in [-0.3, -0.25) is 9.48 Å². The summed E-state index contributed by atoms with van der Waals surface area (Å²) in [5.74, 6) is 0.952. The average molecular weight is 351 g/mol. The number of imidazole rings is 1. The Morgan fingerprint density at radius 3 is 2.96 bits per heavy atom. The molecule has 1 N–H and O–H groups in total. The molecule has 1 aliphatic rings. The van der Waals surface area contributed by atoms with Crippen LogP contribution >= 0.6 is 0 Å². The minimum atomic E-state index is -0.00225. The molecule has 0 spiro atoms. The molecule has 1 saturated heterocycles. The standard InChI is InChI=1S/C20H25N5O/c1-3-11-25-14(2)15(13-21-25)20(26)24-12-7-6-10-18(24)19-22-16-8-4-5-9-17(16)23-19/h4-5,8-9,13,18H,3,6-7,10-12H2,1-2H3,(H,22,23). The first-order chi connectivity index (χ1) is 12.7. The van der Waals surface area contributed by atoms with Gasteiger partial charge in [0.15, 0.2) is 0 Å². The lowest BCUT2D eigenvalue weighted by Gasteiger charge is -2.34. The average Bonchev–Trinajstić information content (AvgIpc) is 3.25. The first-order valence-corrected chi connectivity index (χ1v) is 9.47. The van der Waals surface area contributed by atoms with E-state index in [2.05, 4.69) is 17.0 Å². The lowest BCUT2D eigenvalue weighted by Crippen LogP contribution is -2.39. The Balaban J connectivity index is 1.66. The summed E-state index contributed by atoms with van der Waals surface area (Å²) in [5, 5.41) is 4.40. The van der Waals surface area contributed by atoms with E-state index >= 15 is 0 Å². The Bertz CT molecular complexity index is 892. The molecule has 0 bridgehead atoms. The SMILES string of the molecule is CCCn1ncc(C(=O)N2CCCCC2c2nc3ccccc3[nH]2)c1C. The van der Waals surface area contributed by atoms with Crippen LogP contribution < -0.4 is 0 Å². The van der Waals surface area contributed by atoms with Gasteiger partial charge in [-0.2, -0.15) is 5.10 Å². The summed E-state index contributed by atoms with van der Waals surface area (Å²) >= 11 is 0. The molecule has 136 valence electrons. The van der Waals surface area contributed by atoms with Gasteiger partial charge in [-0.05, 0) is 44.7 Å². The van der Waals surface area contributed by atoms with Crippen LogP contribution in [-0.2, 0) is 6.54 Å². The van der Waals surface area contributed by atoms with E-state index in [9.17, 15) is 4.79 Å². The van der Waals surface area contributed by atoms with Gasteiger partial charge < -0.3 is 9.88 Å². The number of H-pyrrole nitrogens is 1. The number of carbonyl (C=O) groups excluding carboxylic acids is 1. The third kappa shape index (κ3) is 2.89. The second-order valence-electron chi connectivity index (χ2n) is 7.02. The molecule has 1 aliphatic heterocycles. The monoisotopic (exact) mass is 351 g/mol. The zero-order chi connectivity index (χ0) is 18.1. The second kappa shape index (κ2) is 6.94. The molecule has 3 heterocycles. The molecule has 3 aromatic rings. The summed E-state index contributed by atoms with van der Waals surface area (Å²) in [5.41, 5.74) is 3.63. The summed E-state index contributed by atoms with van der Waals surface area (Å²) in [6, 6.07) is 8.02. The van der Waals surface area contributed by atoms with Crippen LogP contribution in [0.4, 0.5) is 0 Å². The Labute approximate surface area is 153 Å². The molecule has 6 heteroatoms. The van der Waals surface area contributed by atoms with Gasteiger partial charge in [0, 0.05) is 18.8 Å². The largest absolute Gasteiger partial charge is 0.340 e. The number of para-hydroxylation sites is 2. The van der Waals surface area contributed by atoms with Crippen LogP contribution in [0.25, 0.3) is 11.0 Å². The Kier molecular flexibility index (Phi) is 4.49. The highest BCUT2D eigenvalue weighted by Crippen LogP contribution is 2.32. The first-order valence-electron chi connectivity index (χ1n) is 9.47. The van der Waals surface area contributed by atoms with Crippen LogP contribution in [0.3, 0.4) is 0 Å². The highest BCUT2D eigenvalue weighted by molar-refractivity contribution is 5.95. The topological polar surface area (TPSA) is 66.8 Å². The summed E-state index contributed by atoms with van der Waals surface area (Å²) in [6.45, 7) is 5.70. The number of nitrogens with zero attached hydrogens (tertiary/aromatic N) is 4. The maximum atomic E-state index is 13.3. The van der Waals surface area contributed by atoms with Crippen molar-refractivity contribution in [2.24, 2.45) is 0 Å². The van der Waals surface area contributed by atoms with Crippen LogP contribution in [0, 0.1) is 6.92 Å². The van der Waals surface area contributed by atoms with E-state index in [0.29, 0.717) is 5.56 Å². The molecule has 1 fully saturated rings. The summed E-state index contributed by atoms with van der Waals surface area (Å²) in [6.07, 6.45) is 5.80. The Morgan fingerprint density at radius 2 is 2.15 bits per heavy atom. The normalized spacial score (nSPS) is 17.8. The van der Waals surface area contributed by atoms with Gasteiger partial charge in [0.05, 0.1) is 28.8 Å².